The first-order chi connectivity index (χ1) is 13.1. The van der Waals surface area contributed by atoms with Gasteiger partial charge in [0.25, 0.3) is 5.69 Å². The first-order valence-electron chi connectivity index (χ1n) is 8.06. The predicted octanol–water partition coefficient (Wildman–Crippen LogP) is 3.57. The van der Waals surface area contributed by atoms with Gasteiger partial charge >= 0.3 is 0 Å². The van der Waals surface area contributed by atoms with Gasteiger partial charge in [-0.3, -0.25) is 10.1 Å². The third kappa shape index (κ3) is 3.40. The molecule has 2 aromatic carbocycles. The maximum Gasteiger partial charge on any atom is 0.269 e. The highest BCUT2D eigenvalue weighted by molar-refractivity contribution is 7.08. The molecule has 27 heavy (non-hydrogen) atoms. The van der Waals surface area contributed by atoms with Crippen LogP contribution >= 0.6 is 11.3 Å². The van der Waals surface area contributed by atoms with Crippen LogP contribution in [-0.2, 0) is 0 Å². The van der Waals surface area contributed by atoms with Crippen molar-refractivity contribution in [2.24, 2.45) is 10.2 Å². The number of nitrogens with zero attached hydrogens (tertiary/aromatic N) is 5. The molecule has 2 aromatic heterocycles. The van der Waals surface area contributed by atoms with Gasteiger partial charge in [0.1, 0.15) is 5.01 Å². The van der Waals surface area contributed by atoms with Crippen LogP contribution in [0.4, 0.5) is 5.69 Å². The minimum absolute atomic E-state index is 0.0298. The molecule has 0 atom stereocenters. The van der Waals surface area contributed by atoms with Crippen molar-refractivity contribution >= 4 is 34.1 Å². The first kappa shape index (κ1) is 16.9. The van der Waals surface area contributed by atoms with Crippen molar-refractivity contribution in [2.75, 3.05) is 0 Å². The van der Waals surface area contributed by atoms with Crippen molar-refractivity contribution in [3.05, 3.63) is 80.2 Å². The monoisotopic (exact) mass is 378 g/mol. The molecule has 0 saturated carbocycles. The summed E-state index contributed by atoms with van der Waals surface area (Å²) >= 11 is 1.39. The summed E-state index contributed by atoms with van der Waals surface area (Å²) in [5.41, 5.74) is 2.69. The SMILES string of the molecule is Cc1nn(-c2ccc([N+](=O)[O-])cc2)c(=NN=Cc2c[nH]c3ccccc23)s1. The van der Waals surface area contributed by atoms with Gasteiger partial charge < -0.3 is 4.98 Å². The molecule has 0 saturated heterocycles. The Hall–Kier alpha value is -3.59. The quantitative estimate of drug-likeness (QED) is 0.334. The van der Waals surface area contributed by atoms with Crippen LogP contribution in [-0.4, -0.2) is 25.9 Å². The van der Waals surface area contributed by atoms with Crippen LogP contribution in [0.5, 0.6) is 0 Å². The fraction of sp³-hybridized carbons (Fsp3) is 0.0556. The van der Waals surface area contributed by atoms with Crippen molar-refractivity contribution in [3.63, 3.8) is 0 Å². The van der Waals surface area contributed by atoms with Crippen LogP contribution < -0.4 is 4.80 Å². The van der Waals surface area contributed by atoms with Gasteiger partial charge in [0.15, 0.2) is 0 Å². The Morgan fingerprint density at radius 1 is 1.22 bits per heavy atom. The average molecular weight is 378 g/mol. The zero-order valence-electron chi connectivity index (χ0n) is 14.2. The van der Waals surface area contributed by atoms with Gasteiger partial charge in [0.2, 0.25) is 4.80 Å². The molecular formula is C18H14N6O2S. The lowest BCUT2D eigenvalue weighted by Gasteiger charge is -1.99. The van der Waals surface area contributed by atoms with Crippen molar-refractivity contribution < 1.29 is 4.92 Å². The van der Waals surface area contributed by atoms with E-state index in [1.807, 2.05) is 37.4 Å². The van der Waals surface area contributed by atoms with Crippen LogP contribution in [0.3, 0.4) is 0 Å². The smallest absolute Gasteiger partial charge is 0.269 e. The van der Waals surface area contributed by atoms with Gasteiger partial charge in [-0.2, -0.15) is 10.2 Å². The minimum atomic E-state index is -0.433. The Morgan fingerprint density at radius 3 is 2.78 bits per heavy atom. The van der Waals surface area contributed by atoms with E-state index < -0.39 is 4.92 Å². The number of aromatic amines is 1. The molecule has 0 aliphatic heterocycles. The highest BCUT2D eigenvalue weighted by Crippen LogP contribution is 2.16. The van der Waals surface area contributed by atoms with Crippen LogP contribution in [0, 0.1) is 17.0 Å². The summed E-state index contributed by atoms with van der Waals surface area (Å²) in [5, 5.41) is 25.6. The molecule has 9 heteroatoms. The summed E-state index contributed by atoms with van der Waals surface area (Å²) in [7, 11) is 0. The van der Waals surface area contributed by atoms with E-state index in [1.165, 1.54) is 23.5 Å². The molecule has 0 amide bonds. The Morgan fingerprint density at radius 2 is 2.00 bits per heavy atom. The first-order valence-corrected chi connectivity index (χ1v) is 8.88. The van der Waals surface area contributed by atoms with Crippen molar-refractivity contribution in [1.82, 2.24) is 14.8 Å². The number of fused-ring (bicyclic) bond motifs is 1. The molecule has 0 radical (unpaired) electrons. The number of aryl methyl sites for hydroxylation is 1. The molecule has 0 bridgehead atoms. The molecule has 8 nitrogen and oxygen atoms in total. The molecule has 0 unspecified atom stereocenters. The van der Waals surface area contributed by atoms with Crippen molar-refractivity contribution in [1.29, 1.82) is 0 Å². The highest BCUT2D eigenvalue weighted by atomic mass is 32.1. The predicted molar refractivity (Wildman–Crippen MR) is 104 cm³/mol. The molecule has 2 heterocycles. The molecular weight excluding hydrogens is 364 g/mol. The van der Waals surface area contributed by atoms with E-state index in [9.17, 15) is 10.1 Å². The van der Waals surface area contributed by atoms with Gasteiger partial charge in [0, 0.05) is 34.8 Å². The van der Waals surface area contributed by atoms with Crippen LogP contribution in [0.2, 0.25) is 0 Å². The zero-order chi connectivity index (χ0) is 18.8. The second-order valence-electron chi connectivity index (χ2n) is 5.72. The summed E-state index contributed by atoms with van der Waals surface area (Å²) in [5.74, 6) is 0. The molecule has 0 spiro atoms. The van der Waals surface area contributed by atoms with Crippen LogP contribution in [0.15, 0.2) is 64.9 Å². The van der Waals surface area contributed by atoms with E-state index in [0.717, 1.165) is 21.5 Å². The standard InChI is InChI=1S/C18H14N6O2S/c1-12-22-23(14-6-8-15(9-7-14)24(25)26)18(27-12)21-20-11-13-10-19-17-5-3-2-4-16(13)17/h2-11,19H,1H3. The number of nitro benzene ring substituents is 1. The Bertz CT molecular complexity index is 1220. The summed E-state index contributed by atoms with van der Waals surface area (Å²) < 4.78 is 1.62. The number of H-pyrrole nitrogens is 1. The number of non-ortho nitro benzene ring substituents is 1. The molecule has 4 aromatic rings. The molecule has 134 valence electrons. The highest BCUT2D eigenvalue weighted by Gasteiger charge is 2.08. The number of hydrogen-bond donors (Lipinski definition) is 1. The molecule has 0 aliphatic carbocycles. The number of hydrogen-bond acceptors (Lipinski definition) is 6. The van der Waals surface area contributed by atoms with Gasteiger partial charge in [-0.15, -0.1) is 5.10 Å². The van der Waals surface area contributed by atoms with E-state index in [-0.39, 0.29) is 5.69 Å². The van der Waals surface area contributed by atoms with E-state index in [2.05, 4.69) is 20.3 Å². The average Bonchev–Trinajstić information content (AvgIpc) is 3.25. The lowest BCUT2D eigenvalue weighted by atomic mass is 10.2. The molecule has 1 N–H and O–H groups in total. The van der Waals surface area contributed by atoms with E-state index in [0.29, 0.717) is 10.5 Å². The second kappa shape index (κ2) is 6.96. The van der Waals surface area contributed by atoms with Gasteiger partial charge in [-0.05, 0) is 25.1 Å². The van der Waals surface area contributed by atoms with E-state index in [1.54, 1.807) is 23.0 Å². The van der Waals surface area contributed by atoms with Gasteiger partial charge in [-0.1, -0.05) is 29.5 Å². The number of benzene rings is 2. The van der Waals surface area contributed by atoms with Crippen molar-refractivity contribution in [2.45, 2.75) is 6.92 Å². The van der Waals surface area contributed by atoms with Crippen LogP contribution in [0.1, 0.15) is 10.6 Å². The number of rotatable bonds is 4. The maximum absolute atomic E-state index is 10.8. The minimum Gasteiger partial charge on any atom is -0.361 e. The zero-order valence-corrected chi connectivity index (χ0v) is 15.1. The Labute approximate surface area is 157 Å². The summed E-state index contributed by atoms with van der Waals surface area (Å²) in [6.45, 7) is 1.87. The third-order valence-electron chi connectivity index (χ3n) is 3.93. The number of para-hydroxylation sites is 1. The molecule has 0 fully saturated rings. The van der Waals surface area contributed by atoms with E-state index in [4.69, 9.17) is 0 Å². The normalized spacial score (nSPS) is 12.3. The summed E-state index contributed by atoms with van der Waals surface area (Å²) in [4.78, 5) is 14.1. The van der Waals surface area contributed by atoms with Crippen molar-refractivity contribution in [3.8, 4) is 5.69 Å². The van der Waals surface area contributed by atoms with Crippen LogP contribution in [0.25, 0.3) is 16.6 Å². The lowest BCUT2D eigenvalue weighted by Crippen LogP contribution is -2.13. The fourth-order valence-corrected chi connectivity index (χ4v) is 3.37. The van der Waals surface area contributed by atoms with E-state index >= 15 is 0 Å². The van der Waals surface area contributed by atoms with Gasteiger partial charge in [-0.25, -0.2) is 4.68 Å². The summed E-state index contributed by atoms with van der Waals surface area (Å²) in [6.07, 6.45) is 3.57. The fourth-order valence-electron chi connectivity index (χ4n) is 2.67. The Balaban J connectivity index is 1.69. The second-order valence-corrected chi connectivity index (χ2v) is 6.88. The largest absolute Gasteiger partial charge is 0.361 e. The topological polar surface area (TPSA) is 101 Å². The maximum atomic E-state index is 10.8. The molecule has 4 rings (SSSR count). The number of aromatic nitrogens is 3. The molecule has 0 aliphatic rings. The Kier molecular flexibility index (Phi) is 4.35. The number of nitro groups is 1. The summed E-state index contributed by atoms with van der Waals surface area (Å²) in [6, 6.07) is 14.1. The van der Waals surface area contributed by atoms with Gasteiger partial charge in [0.05, 0.1) is 16.8 Å². The lowest BCUT2D eigenvalue weighted by molar-refractivity contribution is -0.384. The third-order valence-corrected chi connectivity index (χ3v) is 4.74. The number of nitrogens with one attached hydrogen (secondary N) is 1.